The van der Waals surface area contributed by atoms with Gasteiger partial charge in [-0.2, -0.15) is 4.98 Å². The molecule has 1 aliphatic heterocycles. The average molecular weight is 429 g/mol. The largest absolute Gasteiger partial charge is 0.363 e. The lowest BCUT2D eigenvalue weighted by Crippen LogP contribution is -2.46. The minimum atomic E-state index is -0.314. The number of rotatable bonds is 4. The van der Waals surface area contributed by atoms with Gasteiger partial charge in [0.05, 0.1) is 11.5 Å². The van der Waals surface area contributed by atoms with Gasteiger partial charge in [-0.1, -0.05) is 5.16 Å². The molecule has 0 bridgehead atoms. The van der Waals surface area contributed by atoms with Crippen LogP contribution in [0.25, 0.3) is 0 Å². The fourth-order valence-electron chi connectivity index (χ4n) is 2.66. The first-order chi connectivity index (χ1) is 11.0. The van der Waals surface area contributed by atoms with Crippen LogP contribution in [0.2, 0.25) is 0 Å². The first-order valence-electron chi connectivity index (χ1n) is 7.23. The lowest BCUT2D eigenvalue weighted by molar-refractivity contribution is -0.384. The van der Waals surface area contributed by atoms with Gasteiger partial charge in [0, 0.05) is 42.7 Å². The van der Waals surface area contributed by atoms with Crippen molar-refractivity contribution in [2.75, 3.05) is 31.1 Å². The minimum absolute atomic E-state index is 0.166. The number of aryl methyl sites for hydroxylation is 1. The summed E-state index contributed by atoms with van der Waals surface area (Å²) in [6.07, 6.45) is 0. The SMILES string of the molecule is Cc1nc(CN2CCN(c3ccc(I)cc3[N+](=O)[O-])CC2)no1. The van der Waals surface area contributed by atoms with Crippen LogP contribution in [0.5, 0.6) is 0 Å². The molecular weight excluding hydrogens is 413 g/mol. The van der Waals surface area contributed by atoms with Gasteiger partial charge >= 0.3 is 0 Å². The maximum absolute atomic E-state index is 11.3. The maximum Gasteiger partial charge on any atom is 0.293 e. The van der Waals surface area contributed by atoms with Crippen molar-refractivity contribution in [1.82, 2.24) is 15.0 Å². The molecule has 1 fully saturated rings. The Morgan fingerprint density at radius 1 is 1.35 bits per heavy atom. The second kappa shape index (κ2) is 6.79. The van der Waals surface area contributed by atoms with Crippen molar-refractivity contribution >= 4 is 34.0 Å². The summed E-state index contributed by atoms with van der Waals surface area (Å²) in [5.74, 6) is 1.24. The Balaban J connectivity index is 1.66. The average Bonchev–Trinajstić information content (AvgIpc) is 2.93. The molecule has 0 N–H and O–H groups in total. The van der Waals surface area contributed by atoms with Gasteiger partial charge < -0.3 is 9.42 Å². The molecule has 0 saturated carbocycles. The highest BCUT2D eigenvalue weighted by atomic mass is 127. The summed E-state index contributed by atoms with van der Waals surface area (Å²) >= 11 is 2.09. The second-order valence-electron chi connectivity index (χ2n) is 5.38. The normalized spacial score (nSPS) is 15.8. The molecule has 0 atom stereocenters. The number of halogens is 1. The van der Waals surface area contributed by atoms with Crippen molar-refractivity contribution < 1.29 is 9.45 Å². The molecule has 0 spiro atoms. The van der Waals surface area contributed by atoms with Crippen LogP contribution in [-0.2, 0) is 6.54 Å². The van der Waals surface area contributed by atoms with E-state index in [1.165, 1.54) is 0 Å². The molecule has 0 amide bonds. The van der Waals surface area contributed by atoms with Gasteiger partial charge in [0.2, 0.25) is 5.89 Å². The third-order valence-corrected chi connectivity index (χ3v) is 4.45. The number of hydrogen-bond acceptors (Lipinski definition) is 7. The van der Waals surface area contributed by atoms with E-state index in [1.54, 1.807) is 13.0 Å². The van der Waals surface area contributed by atoms with Crippen molar-refractivity contribution in [1.29, 1.82) is 0 Å². The monoisotopic (exact) mass is 429 g/mol. The summed E-state index contributed by atoms with van der Waals surface area (Å²) in [6.45, 7) is 5.48. The van der Waals surface area contributed by atoms with Crippen LogP contribution in [0.3, 0.4) is 0 Å². The van der Waals surface area contributed by atoms with E-state index >= 15 is 0 Å². The lowest BCUT2D eigenvalue weighted by atomic mass is 10.2. The smallest absolute Gasteiger partial charge is 0.293 e. The van der Waals surface area contributed by atoms with Crippen molar-refractivity contribution in [2.45, 2.75) is 13.5 Å². The highest BCUT2D eigenvalue weighted by molar-refractivity contribution is 14.1. The van der Waals surface area contributed by atoms with Crippen LogP contribution in [0, 0.1) is 20.6 Å². The zero-order valence-corrected chi connectivity index (χ0v) is 14.8. The molecule has 1 aromatic carbocycles. The quantitative estimate of drug-likeness (QED) is 0.418. The third-order valence-electron chi connectivity index (χ3n) is 3.78. The molecule has 3 rings (SSSR count). The Bertz CT molecular complexity index is 712. The van der Waals surface area contributed by atoms with E-state index in [1.807, 2.05) is 12.1 Å². The Morgan fingerprint density at radius 3 is 2.70 bits per heavy atom. The molecule has 1 aliphatic rings. The van der Waals surface area contributed by atoms with Crippen LogP contribution in [0.4, 0.5) is 11.4 Å². The maximum atomic E-state index is 11.3. The summed E-state index contributed by atoms with van der Waals surface area (Å²) in [6, 6.07) is 5.35. The molecule has 1 aromatic heterocycles. The van der Waals surface area contributed by atoms with E-state index in [9.17, 15) is 10.1 Å². The molecular formula is C14H16IN5O3. The predicted octanol–water partition coefficient (Wildman–Crippen LogP) is 2.21. The van der Waals surface area contributed by atoms with Crippen LogP contribution in [-0.4, -0.2) is 46.1 Å². The Kier molecular flexibility index (Phi) is 4.76. The molecule has 1 saturated heterocycles. The molecule has 8 nitrogen and oxygen atoms in total. The Hall–Kier alpha value is -1.75. The van der Waals surface area contributed by atoms with Crippen LogP contribution in [0.15, 0.2) is 22.7 Å². The van der Waals surface area contributed by atoms with E-state index in [0.29, 0.717) is 23.9 Å². The summed E-state index contributed by atoms with van der Waals surface area (Å²) in [4.78, 5) is 19.4. The summed E-state index contributed by atoms with van der Waals surface area (Å²) in [5.41, 5.74) is 0.851. The van der Waals surface area contributed by atoms with Gasteiger partial charge in [0.15, 0.2) is 5.82 Å². The fourth-order valence-corrected chi connectivity index (χ4v) is 3.14. The molecule has 0 aliphatic carbocycles. The summed E-state index contributed by atoms with van der Waals surface area (Å²) in [5, 5.41) is 15.2. The number of nitro groups is 1. The second-order valence-corrected chi connectivity index (χ2v) is 6.63. The standard InChI is InChI=1S/C14H16IN5O3/c1-10-16-14(17-23-10)9-18-4-6-19(7-5-18)12-3-2-11(15)8-13(12)20(21)22/h2-3,8H,4-7,9H2,1H3. The molecule has 9 heteroatoms. The molecule has 2 aromatic rings. The number of piperazine rings is 1. The van der Waals surface area contributed by atoms with Gasteiger partial charge in [-0.3, -0.25) is 15.0 Å². The molecule has 0 unspecified atom stereocenters. The molecule has 2 heterocycles. The third kappa shape index (κ3) is 3.78. The van der Waals surface area contributed by atoms with E-state index < -0.39 is 0 Å². The number of anilines is 1. The summed E-state index contributed by atoms with van der Waals surface area (Å²) < 4.78 is 5.84. The zero-order valence-electron chi connectivity index (χ0n) is 12.6. The van der Waals surface area contributed by atoms with Gasteiger partial charge in [-0.15, -0.1) is 0 Å². The highest BCUT2D eigenvalue weighted by Gasteiger charge is 2.24. The van der Waals surface area contributed by atoms with Crippen molar-refractivity contribution in [2.24, 2.45) is 0 Å². The van der Waals surface area contributed by atoms with Crippen molar-refractivity contribution in [3.8, 4) is 0 Å². The summed E-state index contributed by atoms with van der Waals surface area (Å²) in [7, 11) is 0. The lowest BCUT2D eigenvalue weighted by Gasteiger charge is -2.35. The number of hydrogen-bond donors (Lipinski definition) is 0. The predicted molar refractivity (Wildman–Crippen MR) is 92.3 cm³/mol. The number of aromatic nitrogens is 2. The van der Waals surface area contributed by atoms with E-state index in [0.717, 1.165) is 29.7 Å². The van der Waals surface area contributed by atoms with Gasteiger partial charge in [0.25, 0.3) is 5.69 Å². The van der Waals surface area contributed by atoms with Crippen molar-refractivity contribution in [3.05, 3.63) is 43.6 Å². The van der Waals surface area contributed by atoms with E-state index in [4.69, 9.17) is 4.52 Å². The first kappa shape index (κ1) is 16.1. The molecule has 122 valence electrons. The fraction of sp³-hybridized carbons (Fsp3) is 0.429. The minimum Gasteiger partial charge on any atom is -0.363 e. The van der Waals surface area contributed by atoms with Crippen LogP contribution < -0.4 is 4.90 Å². The molecule has 23 heavy (non-hydrogen) atoms. The number of nitrogens with zero attached hydrogens (tertiary/aromatic N) is 5. The van der Waals surface area contributed by atoms with Gasteiger partial charge in [-0.05, 0) is 34.7 Å². The number of nitro benzene ring substituents is 1. The van der Waals surface area contributed by atoms with Gasteiger partial charge in [-0.25, -0.2) is 0 Å². The first-order valence-corrected chi connectivity index (χ1v) is 8.31. The van der Waals surface area contributed by atoms with E-state index in [2.05, 4.69) is 42.5 Å². The zero-order chi connectivity index (χ0) is 16.4. The van der Waals surface area contributed by atoms with Crippen molar-refractivity contribution in [3.63, 3.8) is 0 Å². The van der Waals surface area contributed by atoms with Crippen LogP contribution >= 0.6 is 22.6 Å². The number of benzene rings is 1. The Morgan fingerprint density at radius 2 is 2.09 bits per heavy atom. The topological polar surface area (TPSA) is 88.5 Å². The highest BCUT2D eigenvalue weighted by Crippen LogP contribution is 2.30. The van der Waals surface area contributed by atoms with Crippen LogP contribution in [0.1, 0.15) is 11.7 Å². The Labute approximate surface area is 146 Å². The van der Waals surface area contributed by atoms with E-state index in [-0.39, 0.29) is 10.6 Å². The van der Waals surface area contributed by atoms with Gasteiger partial charge in [0.1, 0.15) is 5.69 Å². The molecule has 0 radical (unpaired) electrons.